The second-order valence-corrected chi connectivity index (χ2v) is 10.1. The van der Waals surface area contributed by atoms with E-state index in [0.717, 1.165) is 29.8 Å². The maximum Gasteiger partial charge on any atom is 0.326 e. The lowest BCUT2D eigenvalue weighted by Gasteiger charge is -2.38. The number of carbonyl (C=O) groups excluding carboxylic acids is 2. The maximum atomic E-state index is 13.4. The first kappa shape index (κ1) is 22.2. The van der Waals surface area contributed by atoms with Crippen molar-refractivity contribution in [1.82, 2.24) is 30.2 Å². The highest BCUT2D eigenvalue weighted by Gasteiger charge is 2.42. The zero-order valence-electron chi connectivity index (χ0n) is 18.8. The summed E-state index contributed by atoms with van der Waals surface area (Å²) in [5.74, 6) is 1.43. The van der Waals surface area contributed by atoms with Crippen LogP contribution in [0.5, 0.6) is 0 Å². The van der Waals surface area contributed by atoms with Crippen LogP contribution in [0.25, 0.3) is 0 Å². The topological polar surface area (TPSA) is 107 Å². The molecule has 2 aliphatic heterocycles. The summed E-state index contributed by atoms with van der Waals surface area (Å²) in [5.41, 5.74) is 1.86. The third-order valence-electron chi connectivity index (χ3n) is 5.94. The second kappa shape index (κ2) is 8.98. The van der Waals surface area contributed by atoms with Crippen LogP contribution in [0.1, 0.15) is 30.9 Å². The fraction of sp³-hybridized carbons (Fsp3) is 0.524. The predicted octanol–water partition coefficient (Wildman–Crippen LogP) is 2.98. The molecule has 1 unspecified atom stereocenters. The Bertz CT molecular complexity index is 1100. The van der Waals surface area contributed by atoms with E-state index in [1.165, 1.54) is 23.5 Å². The molecule has 5 rings (SSSR count). The van der Waals surface area contributed by atoms with Gasteiger partial charge in [0.25, 0.3) is 0 Å². The second-order valence-electron chi connectivity index (χ2n) is 8.55. The van der Waals surface area contributed by atoms with Crippen molar-refractivity contribution in [2.45, 2.75) is 49.2 Å². The van der Waals surface area contributed by atoms with Crippen LogP contribution in [0, 0.1) is 5.92 Å². The number of urea groups is 2. The standard InChI is InChI=1S/C21H26N8O2S2/c1-12(10-28-16-13(7-24-20(28)30)6-22-18(25-16)32-2)9-27-11-14-8-23-19(33-3)26-17(14)29(21(27)31)15-4-5-15/h6,8,12,15H,4-5,7,9-11H2,1-3H3,(H,24,30). The van der Waals surface area contributed by atoms with Crippen molar-refractivity contribution in [1.29, 1.82) is 0 Å². The first-order valence-corrected chi connectivity index (χ1v) is 13.4. The average molecular weight is 487 g/mol. The fourth-order valence-electron chi connectivity index (χ4n) is 4.24. The molecule has 1 fully saturated rings. The summed E-state index contributed by atoms with van der Waals surface area (Å²) in [7, 11) is 0. The number of thioether (sulfide) groups is 2. The van der Waals surface area contributed by atoms with E-state index < -0.39 is 0 Å². The zero-order chi connectivity index (χ0) is 23.1. The first-order valence-electron chi connectivity index (χ1n) is 10.9. The molecule has 10 nitrogen and oxygen atoms in total. The van der Waals surface area contributed by atoms with Crippen molar-refractivity contribution < 1.29 is 9.59 Å². The lowest BCUT2D eigenvalue weighted by atomic mass is 10.1. The molecule has 0 saturated heterocycles. The Kier molecular flexibility index (Phi) is 6.04. The number of hydrogen-bond donors (Lipinski definition) is 1. The molecule has 1 saturated carbocycles. The lowest BCUT2D eigenvalue weighted by Crippen LogP contribution is -2.52. The SMILES string of the molecule is CSc1ncc2c(n1)N(CC(C)CN1Cc3cnc(SC)nc3N(C3CC3)C1=O)C(=O)NC2. The number of nitrogens with one attached hydrogen (secondary N) is 1. The average Bonchev–Trinajstić information content (AvgIpc) is 3.66. The molecule has 1 atom stereocenters. The lowest BCUT2D eigenvalue weighted by molar-refractivity contribution is 0.188. The van der Waals surface area contributed by atoms with E-state index in [4.69, 9.17) is 0 Å². The van der Waals surface area contributed by atoms with Crippen molar-refractivity contribution in [3.8, 4) is 0 Å². The highest BCUT2D eigenvalue weighted by molar-refractivity contribution is 7.98. The first-order chi connectivity index (χ1) is 16.0. The van der Waals surface area contributed by atoms with Crippen LogP contribution in [0.2, 0.25) is 0 Å². The molecule has 2 aromatic heterocycles. The Labute approximate surface area is 200 Å². The van der Waals surface area contributed by atoms with Crippen LogP contribution in [0.4, 0.5) is 21.2 Å². The molecule has 174 valence electrons. The normalized spacial score (nSPS) is 18.7. The van der Waals surface area contributed by atoms with Gasteiger partial charge in [0.05, 0.1) is 6.54 Å². The van der Waals surface area contributed by atoms with Crippen LogP contribution in [0.3, 0.4) is 0 Å². The van der Waals surface area contributed by atoms with Crippen molar-refractivity contribution in [2.24, 2.45) is 5.92 Å². The van der Waals surface area contributed by atoms with Crippen molar-refractivity contribution in [3.63, 3.8) is 0 Å². The Morgan fingerprint density at radius 3 is 2.36 bits per heavy atom. The number of fused-ring (bicyclic) bond motifs is 2. The summed E-state index contributed by atoms with van der Waals surface area (Å²) >= 11 is 2.92. The van der Waals surface area contributed by atoms with Crippen molar-refractivity contribution in [2.75, 3.05) is 35.4 Å². The number of aromatic nitrogens is 4. The van der Waals surface area contributed by atoms with Gasteiger partial charge in [-0.3, -0.25) is 9.80 Å². The monoisotopic (exact) mass is 486 g/mol. The van der Waals surface area contributed by atoms with Crippen LogP contribution in [0.15, 0.2) is 22.7 Å². The van der Waals surface area contributed by atoms with Gasteiger partial charge in [0, 0.05) is 49.2 Å². The van der Waals surface area contributed by atoms with Gasteiger partial charge in [-0.05, 0) is 31.3 Å². The van der Waals surface area contributed by atoms with E-state index >= 15 is 0 Å². The summed E-state index contributed by atoms with van der Waals surface area (Å²) in [5, 5.41) is 4.20. The van der Waals surface area contributed by atoms with Gasteiger partial charge >= 0.3 is 12.1 Å². The van der Waals surface area contributed by atoms with Crippen LogP contribution >= 0.6 is 23.5 Å². The third kappa shape index (κ3) is 4.33. The fourth-order valence-corrected chi connectivity index (χ4v) is 4.91. The highest BCUT2D eigenvalue weighted by atomic mass is 32.2. The van der Waals surface area contributed by atoms with E-state index in [0.29, 0.717) is 42.3 Å². The van der Waals surface area contributed by atoms with Gasteiger partial charge < -0.3 is 10.2 Å². The molecule has 3 aliphatic rings. The predicted molar refractivity (Wildman–Crippen MR) is 128 cm³/mol. The van der Waals surface area contributed by atoms with E-state index in [1.807, 2.05) is 28.5 Å². The van der Waals surface area contributed by atoms with Gasteiger partial charge in [-0.2, -0.15) is 0 Å². The molecule has 0 radical (unpaired) electrons. The number of hydrogen-bond acceptors (Lipinski definition) is 8. The molecular weight excluding hydrogens is 460 g/mol. The largest absolute Gasteiger partial charge is 0.333 e. The molecule has 4 heterocycles. The number of amides is 4. The number of anilines is 2. The van der Waals surface area contributed by atoms with Crippen molar-refractivity contribution >= 4 is 47.2 Å². The number of nitrogens with zero attached hydrogens (tertiary/aromatic N) is 7. The molecule has 33 heavy (non-hydrogen) atoms. The van der Waals surface area contributed by atoms with Crippen molar-refractivity contribution in [3.05, 3.63) is 23.5 Å². The highest BCUT2D eigenvalue weighted by Crippen LogP contribution is 2.37. The molecule has 0 spiro atoms. The maximum absolute atomic E-state index is 13.4. The summed E-state index contributed by atoms with van der Waals surface area (Å²) in [4.78, 5) is 49.4. The van der Waals surface area contributed by atoms with Crippen LogP contribution in [-0.4, -0.2) is 68.5 Å². The van der Waals surface area contributed by atoms with Crippen LogP contribution in [-0.2, 0) is 13.1 Å². The zero-order valence-corrected chi connectivity index (χ0v) is 20.4. The minimum Gasteiger partial charge on any atom is -0.333 e. The molecule has 1 aliphatic carbocycles. The molecule has 0 aromatic carbocycles. The number of carbonyl (C=O) groups is 2. The number of rotatable bonds is 7. The molecular formula is C21H26N8O2S2. The summed E-state index contributed by atoms with van der Waals surface area (Å²) < 4.78 is 0. The van der Waals surface area contributed by atoms with Gasteiger partial charge in [-0.25, -0.2) is 29.5 Å². The molecule has 12 heteroatoms. The van der Waals surface area contributed by atoms with Gasteiger partial charge in [0.1, 0.15) is 11.6 Å². The molecule has 1 N–H and O–H groups in total. The molecule has 0 bridgehead atoms. The Balaban J connectivity index is 1.34. The summed E-state index contributed by atoms with van der Waals surface area (Å²) in [6, 6.07) is 0.0199. The van der Waals surface area contributed by atoms with Crippen LogP contribution < -0.4 is 15.1 Å². The molecule has 2 aromatic rings. The molecule has 4 amide bonds. The minimum absolute atomic E-state index is 0.0157. The Morgan fingerprint density at radius 2 is 1.70 bits per heavy atom. The van der Waals surface area contributed by atoms with Gasteiger partial charge in [-0.15, -0.1) is 0 Å². The van der Waals surface area contributed by atoms with E-state index in [-0.39, 0.29) is 24.0 Å². The smallest absolute Gasteiger partial charge is 0.326 e. The van der Waals surface area contributed by atoms with E-state index in [1.54, 1.807) is 11.1 Å². The van der Waals surface area contributed by atoms with Gasteiger partial charge in [0.15, 0.2) is 10.3 Å². The third-order valence-corrected chi connectivity index (χ3v) is 7.06. The van der Waals surface area contributed by atoms with Gasteiger partial charge in [-0.1, -0.05) is 30.4 Å². The Hall–Kier alpha value is -2.60. The Morgan fingerprint density at radius 1 is 1.03 bits per heavy atom. The summed E-state index contributed by atoms with van der Waals surface area (Å²) in [6.45, 7) is 3.91. The van der Waals surface area contributed by atoms with Gasteiger partial charge in [0.2, 0.25) is 0 Å². The quantitative estimate of drug-likeness (QED) is 0.470. The van der Waals surface area contributed by atoms with E-state index in [9.17, 15) is 9.59 Å². The van der Waals surface area contributed by atoms with E-state index in [2.05, 4.69) is 32.2 Å². The minimum atomic E-state index is -0.173. The summed E-state index contributed by atoms with van der Waals surface area (Å²) in [6.07, 6.45) is 9.44.